The lowest BCUT2D eigenvalue weighted by Gasteiger charge is -2.32. The van der Waals surface area contributed by atoms with Crippen molar-refractivity contribution in [3.05, 3.63) is 40.9 Å². The monoisotopic (exact) mass is 331 g/mol. The van der Waals surface area contributed by atoms with Gasteiger partial charge in [0.25, 0.3) is 0 Å². The van der Waals surface area contributed by atoms with Crippen molar-refractivity contribution in [2.45, 2.75) is 45.3 Å². The molecule has 0 atom stereocenters. The van der Waals surface area contributed by atoms with E-state index in [1.54, 1.807) is 0 Å². The summed E-state index contributed by atoms with van der Waals surface area (Å²) in [7, 11) is 1.41. The average Bonchev–Trinajstić information content (AvgIpc) is 2.68. The molecule has 1 fully saturated rings. The molecule has 5 nitrogen and oxygen atoms in total. The van der Waals surface area contributed by atoms with Crippen molar-refractivity contribution in [1.29, 1.82) is 0 Å². The molecular formula is C18H26BNO4. The summed E-state index contributed by atoms with van der Waals surface area (Å²) in [5.41, 5.74) is 1.76. The Hall–Kier alpha value is -1.63. The van der Waals surface area contributed by atoms with Crippen LogP contribution in [-0.2, 0) is 20.5 Å². The van der Waals surface area contributed by atoms with Gasteiger partial charge in [-0.3, -0.25) is 4.79 Å². The molecule has 0 saturated carbocycles. The first-order chi connectivity index (χ1) is 11.2. The average molecular weight is 331 g/mol. The lowest BCUT2D eigenvalue weighted by molar-refractivity contribution is -0.136. The quantitative estimate of drug-likeness (QED) is 0.784. The third-order valence-electron chi connectivity index (χ3n) is 4.67. The van der Waals surface area contributed by atoms with Crippen LogP contribution in [0.5, 0.6) is 0 Å². The molecule has 130 valence electrons. The highest BCUT2D eigenvalue weighted by molar-refractivity contribution is 6.56. The second-order valence-electron chi connectivity index (χ2n) is 7.11. The van der Waals surface area contributed by atoms with E-state index in [1.165, 1.54) is 0 Å². The molecule has 24 heavy (non-hydrogen) atoms. The molecule has 0 bridgehead atoms. The normalized spacial score (nSPS) is 19.5. The van der Waals surface area contributed by atoms with Gasteiger partial charge in [0.1, 0.15) is 0 Å². The number of hydrogen-bond donors (Lipinski definition) is 2. The van der Waals surface area contributed by atoms with Crippen molar-refractivity contribution < 1.29 is 19.2 Å². The predicted octanol–water partition coefficient (Wildman–Crippen LogP) is 2.55. The molecule has 2 rings (SSSR count). The smallest absolute Gasteiger partial charge is 0.481 e. The minimum atomic E-state index is -0.846. The molecule has 0 aromatic heterocycles. The van der Waals surface area contributed by atoms with Crippen molar-refractivity contribution in [2.75, 3.05) is 13.6 Å². The Morgan fingerprint density at radius 3 is 2.33 bits per heavy atom. The van der Waals surface area contributed by atoms with E-state index in [0.717, 1.165) is 16.6 Å². The molecular weight excluding hydrogens is 305 g/mol. The third kappa shape index (κ3) is 4.07. The number of carboxylic acids is 1. The number of carboxylic acid groups (broad SMARTS) is 1. The Bertz CT molecular complexity index is 624. The lowest BCUT2D eigenvalue weighted by atomic mass is 9.76. The van der Waals surface area contributed by atoms with Crippen LogP contribution in [0.25, 0.3) is 6.08 Å². The van der Waals surface area contributed by atoms with Crippen LogP contribution in [0, 0.1) is 0 Å². The third-order valence-corrected chi connectivity index (χ3v) is 4.67. The van der Waals surface area contributed by atoms with E-state index in [-0.39, 0.29) is 6.42 Å². The van der Waals surface area contributed by atoms with Crippen LogP contribution >= 0.6 is 0 Å². The molecule has 1 saturated heterocycles. The van der Waals surface area contributed by atoms with Crippen LogP contribution < -0.4 is 5.32 Å². The first kappa shape index (κ1) is 18.7. The zero-order valence-electron chi connectivity index (χ0n) is 15.1. The van der Waals surface area contributed by atoms with Crippen molar-refractivity contribution >= 4 is 19.2 Å². The maximum Gasteiger partial charge on any atom is 0.491 e. The van der Waals surface area contributed by atoms with Crippen LogP contribution in [0.1, 0.15) is 38.8 Å². The fourth-order valence-electron chi connectivity index (χ4n) is 2.60. The van der Waals surface area contributed by atoms with Crippen LogP contribution in [0.15, 0.2) is 29.7 Å². The summed E-state index contributed by atoms with van der Waals surface area (Å²) in [6.45, 7) is 8.66. The van der Waals surface area contributed by atoms with Gasteiger partial charge in [-0.2, -0.15) is 0 Å². The molecule has 1 aliphatic rings. The standard InChI is InChI=1S/C18H26BNO4/c1-17(2)18(3,4)24-19(23-17)15(12-20-5)10-13-8-6-7-9-14(13)11-16(21)22/h6-10,20H,11-12H2,1-5H3,(H,21,22). The highest BCUT2D eigenvalue weighted by Gasteiger charge is 2.52. The van der Waals surface area contributed by atoms with E-state index in [0.29, 0.717) is 6.54 Å². The number of nitrogens with one attached hydrogen (secondary N) is 1. The summed E-state index contributed by atoms with van der Waals surface area (Å²) in [5.74, 6) is -0.846. The number of hydrogen-bond acceptors (Lipinski definition) is 4. The summed E-state index contributed by atoms with van der Waals surface area (Å²) < 4.78 is 12.3. The van der Waals surface area contributed by atoms with Gasteiger partial charge < -0.3 is 19.7 Å². The summed E-state index contributed by atoms with van der Waals surface area (Å²) >= 11 is 0. The highest BCUT2D eigenvalue weighted by Crippen LogP contribution is 2.38. The molecule has 6 heteroatoms. The molecule has 1 heterocycles. The summed E-state index contributed by atoms with van der Waals surface area (Å²) in [5, 5.41) is 12.2. The van der Waals surface area contributed by atoms with Crippen molar-refractivity contribution in [3.8, 4) is 0 Å². The largest absolute Gasteiger partial charge is 0.491 e. The van der Waals surface area contributed by atoms with Gasteiger partial charge in [0.15, 0.2) is 0 Å². The van der Waals surface area contributed by atoms with Gasteiger partial charge >= 0.3 is 13.1 Å². The summed E-state index contributed by atoms with van der Waals surface area (Å²) in [4.78, 5) is 11.1. The molecule has 2 N–H and O–H groups in total. The Balaban J connectivity index is 2.35. The van der Waals surface area contributed by atoms with Crippen LogP contribution in [-0.4, -0.2) is 43.0 Å². The van der Waals surface area contributed by atoms with E-state index < -0.39 is 24.3 Å². The van der Waals surface area contributed by atoms with Crippen LogP contribution in [0.3, 0.4) is 0 Å². The second kappa shape index (κ2) is 7.09. The number of rotatable bonds is 6. The maximum atomic E-state index is 11.1. The Kier molecular flexibility index (Phi) is 5.53. The van der Waals surface area contributed by atoms with E-state index in [2.05, 4.69) is 5.32 Å². The van der Waals surface area contributed by atoms with E-state index >= 15 is 0 Å². The van der Waals surface area contributed by atoms with Gasteiger partial charge in [-0.05, 0) is 51.3 Å². The molecule has 0 amide bonds. The summed E-state index contributed by atoms with van der Waals surface area (Å²) in [6.07, 6.45) is 1.96. The molecule has 1 aliphatic heterocycles. The number of benzene rings is 1. The predicted molar refractivity (Wildman–Crippen MR) is 95.8 cm³/mol. The van der Waals surface area contributed by atoms with Crippen molar-refractivity contribution in [1.82, 2.24) is 5.32 Å². The maximum absolute atomic E-state index is 11.1. The van der Waals surface area contributed by atoms with E-state index in [1.807, 2.05) is 65.1 Å². The highest BCUT2D eigenvalue weighted by atomic mass is 16.7. The molecule has 1 aromatic rings. The van der Waals surface area contributed by atoms with Crippen LogP contribution in [0.2, 0.25) is 0 Å². The lowest BCUT2D eigenvalue weighted by Crippen LogP contribution is -2.41. The molecule has 0 radical (unpaired) electrons. The van der Waals surface area contributed by atoms with Gasteiger partial charge in [0, 0.05) is 6.54 Å². The number of likely N-dealkylation sites (N-methyl/N-ethyl adjacent to an activating group) is 1. The molecule has 0 aliphatic carbocycles. The first-order valence-electron chi connectivity index (χ1n) is 8.16. The number of carbonyl (C=O) groups is 1. The Labute approximate surface area is 144 Å². The second-order valence-corrected chi connectivity index (χ2v) is 7.11. The molecule has 0 spiro atoms. The molecule has 0 unspecified atom stereocenters. The van der Waals surface area contributed by atoms with Gasteiger partial charge in [0.05, 0.1) is 17.6 Å². The van der Waals surface area contributed by atoms with Gasteiger partial charge in [-0.25, -0.2) is 0 Å². The zero-order chi connectivity index (χ0) is 18.0. The fourth-order valence-corrected chi connectivity index (χ4v) is 2.60. The van der Waals surface area contributed by atoms with Gasteiger partial charge in [-0.1, -0.05) is 30.3 Å². The molecule has 1 aromatic carbocycles. The Morgan fingerprint density at radius 2 is 1.79 bits per heavy atom. The SMILES string of the molecule is CNCC(=Cc1ccccc1CC(=O)O)B1OC(C)(C)C(C)(C)O1. The van der Waals surface area contributed by atoms with E-state index in [4.69, 9.17) is 14.4 Å². The minimum absolute atomic E-state index is 0.0110. The van der Waals surface area contributed by atoms with Crippen LogP contribution in [0.4, 0.5) is 0 Å². The minimum Gasteiger partial charge on any atom is -0.481 e. The fraction of sp³-hybridized carbons (Fsp3) is 0.500. The van der Waals surface area contributed by atoms with E-state index in [9.17, 15) is 4.79 Å². The van der Waals surface area contributed by atoms with Gasteiger partial charge in [-0.15, -0.1) is 0 Å². The van der Waals surface area contributed by atoms with Gasteiger partial charge in [0.2, 0.25) is 0 Å². The summed E-state index contributed by atoms with van der Waals surface area (Å²) in [6, 6.07) is 7.50. The van der Waals surface area contributed by atoms with Crippen molar-refractivity contribution in [2.24, 2.45) is 0 Å². The number of aliphatic carboxylic acids is 1. The van der Waals surface area contributed by atoms with Crippen molar-refractivity contribution in [3.63, 3.8) is 0 Å². The first-order valence-corrected chi connectivity index (χ1v) is 8.16. The Morgan fingerprint density at radius 1 is 1.21 bits per heavy atom. The topological polar surface area (TPSA) is 67.8 Å². The zero-order valence-corrected chi connectivity index (χ0v) is 15.1.